The van der Waals surface area contributed by atoms with Gasteiger partial charge in [-0.15, -0.1) is 0 Å². The van der Waals surface area contributed by atoms with Crippen LogP contribution in [0, 0.1) is 5.92 Å². The third-order valence-electron chi connectivity index (χ3n) is 3.51. The number of piperazine rings is 1. The molecule has 0 radical (unpaired) electrons. The molecule has 2 rings (SSSR count). The molecule has 0 amide bonds. The molecule has 19 heavy (non-hydrogen) atoms. The Balaban J connectivity index is 2.12. The molecule has 1 saturated heterocycles. The number of nitrogens with one attached hydrogen (secondary N) is 1. The number of hydrogen-bond donors (Lipinski definition) is 1. The van der Waals surface area contributed by atoms with Crippen molar-refractivity contribution in [3.05, 3.63) is 22.7 Å². The maximum absolute atomic E-state index is 5.33. The molecule has 1 fully saturated rings. The Labute approximate surface area is 124 Å². The molecule has 1 N–H and O–H groups in total. The molecule has 0 aromatic heterocycles. The van der Waals surface area contributed by atoms with Crippen molar-refractivity contribution in [2.45, 2.75) is 26.3 Å². The van der Waals surface area contributed by atoms with Gasteiger partial charge in [-0.1, -0.05) is 13.8 Å². The van der Waals surface area contributed by atoms with Gasteiger partial charge in [0.05, 0.1) is 12.8 Å². The predicted octanol–water partition coefficient (Wildman–Crippen LogP) is 3.28. The average molecular weight is 327 g/mol. The third-order valence-corrected chi connectivity index (χ3v) is 4.18. The van der Waals surface area contributed by atoms with E-state index in [2.05, 4.69) is 52.1 Å². The summed E-state index contributed by atoms with van der Waals surface area (Å²) in [6.07, 6.45) is 1.22. The van der Waals surface area contributed by atoms with Crippen molar-refractivity contribution in [3.63, 3.8) is 0 Å². The van der Waals surface area contributed by atoms with Crippen LogP contribution >= 0.6 is 15.9 Å². The standard InChI is InChI=1S/C15H23BrN2O/c1-11(2)8-12-10-18(7-6-17-12)15-9-13(19-3)4-5-14(15)16/h4-5,9,11-12,17H,6-8,10H2,1-3H3. The number of hydrogen-bond acceptors (Lipinski definition) is 3. The van der Waals surface area contributed by atoms with E-state index in [0.717, 1.165) is 35.8 Å². The molecule has 106 valence electrons. The minimum atomic E-state index is 0.576. The molecule has 0 saturated carbocycles. The SMILES string of the molecule is COc1ccc(Br)c(N2CCNC(CC(C)C)C2)c1. The molecule has 1 atom stereocenters. The Morgan fingerprint density at radius 1 is 1.47 bits per heavy atom. The lowest BCUT2D eigenvalue weighted by Gasteiger charge is -2.36. The van der Waals surface area contributed by atoms with E-state index in [4.69, 9.17) is 4.74 Å². The number of ether oxygens (including phenoxy) is 1. The highest BCUT2D eigenvalue weighted by Gasteiger charge is 2.21. The van der Waals surface area contributed by atoms with Gasteiger partial charge in [0, 0.05) is 36.2 Å². The largest absolute Gasteiger partial charge is 0.497 e. The first-order valence-corrected chi connectivity index (χ1v) is 7.71. The molecule has 1 heterocycles. The van der Waals surface area contributed by atoms with Gasteiger partial charge in [-0.3, -0.25) is 0 Å². The number of methoxy groups -OCH3 is 1. The molecular formula is C15H23BrN2O. The van der Waals surface area contributed by atoms with Gasteiger partial charge in [0.15, 0.2) is 0 Å². The smallest absolute Gasteiger partial charge is 0.121 e. The molecular weight excluding hydrogens is 304 g/mol. The lowest BCUT2D eigenvalue weighted by molar-refractivity contribution is 0.387. The highest BCUT2D eigenvalue weighted by atomic mass is 79.9. The fraction of sp³-hybridized carbons (Fsp3) is 0.600. The maximum Gasteiger partial charge on any atom is 0.121 e. The second kappa shape index (κ2) is 6.62. The second-order valence-corrected chi connectivity index (χ2v) is 6.40. The topological polar surface area (TPSA) is 24.5 Å². The Morgan fingerprint density at radius 2 is 2.26 bits per heavy atom. The molecule has 1 aliphatic rings. The van der Waals surface area contributed by atoms with Crippen LogP contribution in [0.1, 0.15) is 20.3 Å². The fourth-order valence-electron chi connectivity index (χ4n) is 2.63. The van der Waals surface area contributed by atoms with Crippen molar-refractivity contribution in [2.75, 3.05) is 31.6 Å². The lowest BCUT2D eigenvalue weighted by atomic mass is 10.0. The Bertz CT molecular complexity index is 423. The highest BCUT2D eigenvalue weighted by molar-refractivity contribution is 9.10. The Kier molecular flexibility index (Phi) is 5.11. The van der Waals surface area contributed by atoms with Crippen LogP contribution in [0.2, 0.25) is 0 Å². The number of halogens is 1. The average Bonchev–Trinajstić information content (AvgIpc) is 2.39. The monoisotopic (exact) mass is 326 g/mol. The van der Waals surface area contributed by atoms with Crippen LogP contribution in [0.15, 0.2) is 22.7 Å². The summed E-state index contributed by atoms with van der Waals surface area (Å²) in [7, 11) is 1.71. The van der Waals surface area contributed by atoms with E-state index in [1.165, 1.54) is 12.1 Å². The van der Waals surface area contributed by atoms with Gasteiger partial charge < -0.3 is 15.0 Å². The van der Waals surface area contributed by atoms with Gasteiger partial charge >= 0.3 is 0 Å². The fourth-order valence-corrected chi connectivity index (χ4v) is 3.13. The van der Waals surface area contributed by atoms with Crippen LogP contribution in [0.3, 0.4) is 0 Å². The van der Waals surface area contributed by atoms with E-state index >= 15 is 0 Å². The summed E-state index contributed by atoms with van der Waals surface area (Å²) in [5.41, 5.74) is 1.23. The summed E-state index contributed by atoms with van der Waals surface area (Å²) in [5, 5.41) is 3.61. The van der Waals surface area contributed by atoms with Gasteiger partial charge in [-0.05, 0) is 40.4 Å². The van der Waals surface area contributed by atoms with E-state index in [1.54, 1.807) is 7.11 Å². The van der Waals surface area contributed by atoms with Gasteiger partial charge in [0.2, 0.25) is 0 Å². The quantitative estimate of drug-likeness (QED) is 0.918. The van der Waals surface area contributed by atoms with Crippen LogP contribution in [0.5, 0.6) is 5.75 Å². The van der Waals surface area contributed by atoms with E-state index in [0.29, 0.717) is 6.04 Å². The van der Waals surface area contributed by atoms with Crippen molar-refractivity contribution in [1.29, 1.82) is 0 Å². The van der Waals surface area contributed by atoms with E-state index in [9.17, 15) is 0 Å². The number of benzene rings is 1. The van der Waals surface area contributed by atoms with E-state index in [-0.39, 0.29) is 0 Å². The van der Waals surface area contributed by atoms with Crippen LogP contribution in [0.4, 0.5) is 5.69 Å². The zero-order valence-electron chi connectivity index (χ0n) is 11.9. The van der Waals surface area contributed by atoms with Crippen LogP contribution in [-0.4, -0.2) is 32.8 Å². The van der Waals surface area contributed by atoms with E-state index < -0.39 is 0 Å². The van der Waals surface area contributed by atoms with Gasteiger partial charge in [0.1, 0.15) is 5.75 Å². The van der Waals surface area contributed by atoms with Crippen LogP contribution in [-0.2, 0) is 0 Å². The van der Waals surface area contributed by atoms with Crippen LogP contribution in [0.25, 0.3) is 0 Å². The second-order valence-electron chi connectivity index (χ2n) is 5.54. The molecule has 0 aliphatic carbocycles. The third kappa shape index (κ3) is 3.86. The predicted molar refractivity (Wildman–Crippen MR) is 84.2 cm³/mol. The molecule has 1 unspecified atom stereocenters. The van der Waals surface area contributed by atoms with Gasteiger partial charge in [0.25, 0.3) is 0 Å². The number of anilines is 1. The first kappa shape index (κ1) is 14.7. The summed E-state index contributed by atoms with van der Waals surface area (Å²) in [6, 6.07) is 6.74. The van der Waals surface area contributed by atoms with Gasteiger partial charge in [-0.2, -0.15) is 0 Å². The molecule has 0 spiro atoms. The van der Waals surface area contributed by atoms with Crippen molar-refractivity contribution in [1.82, 2.24) is 5.32 Å². The Hall–Kier alpha value is -0.740. The molecule has 4 heteroatoms. The van der Waals surface area contributed by atoms with Crippen molar-refractivity contribution >= 4 is 21.6 Å². The number of rotatable bonds is 4. The molecule has 1 aromatic carbocycles. The van der Waals surface area contributed by atoms with Crippen molar-refractivity contribution in [2.24, 2.45) is 5.92 Å². The minimum absolute atomic E-state index is 0.576. The Morgan fingerprint density at radius 3 is 2.95 bits per heavy atom. The summed E-state index contributed by atoms with van der Waals surface area (Å²) >= 11 is 3.65. The molecule has 0 bridgehead atoms. The lowest BCUT2D eigenvalue weighted by Crippen LogP contribution is -2.51. The highest BCUT2D eigenvalue weighted by Crippen LogP contribution is 2.31. The van der Waals surface area contributed by atoms with Crippen molar-refractivity contribution in [3.8, 4) is 5.75 Å². The zero-order valence-corrected chi connectivity index (χ0v) is 13.5. The molecule has 3 nitrogen and oxygen atoms in total. The molecule has 1 aliphatic heterocycles. The normalized spacial score (nSPS) is 19.8. The number of nitrogens with zero attached hydrogens (tertiary/aromatic N) is 1. The first-order valence-electron chi connectivity index (χ1n) is 6.92. The van der Waals surface area contributed by atoms with Crippen LogP contribution < -0.4 is 15.0 Å². The zero-order chi connectivity index (χ0) is 13.8. The summed E-state index contributed by atoms with van der Waals surface area (Å²) in [4.78, 5) is 2.44. The van der Waals surface area contributed by atoms with Gasteiger partial charge in [-0.25, -0.2) is 0 Å². The maximum atomic E-state index is 5.33. The minimum Gasteiger partial charge on any atom is -0.497 e. The summed E-state index contributed by atoms with van der Waals surface area (Å²) in [5.74, 6) is 1.64. The molecule has 1 aromatic rings. The van der Waals surface area contributed by atoms with E-state index in [1.807, 2.05) is 6.07 Å². The van der Waals surface area contributed by atoms with Crippen molar-refractivity contribution < 1.29 is 4.74 Å². The first-order chi connectivity index (χ1) is 9.10. The summed E-state index contributed by atoms with van der Waals surface area (Å²) in [6.45, 7) is 7.70. The summed E-state index contributed by atoms with van der Waals surface area (Å²) < 4.78 is 6.47.